The van der Waals surface area contributed by atoms with E-state index in [1.165, 1.54) is 19.3 Å². The van der Waals surface area contributed by atoms with Crippen molar-refractivity contribution < 1.29 is 9.59 Å². The molecule has 0 radical (unpaired) electrons. The molecule has 4 aliphatic carbocycles. The first-order chi connectivity index (χ1) is 14.1. The molecule has 2 amide bonds. The maximum Gasteiger partial charge on any atom is 0.246 e. The first kappa shape index (κ1) is 18.9. The fraction of sp³-hybridized carbons (Fsp3) is 0.600. The van der Waals surface area contributed by atoms with Gasteiger partial charge in [0, 0.05) is 30.6 Å². The number of piperidine rings is 1. The van der Waals surface area contributed by atoms with E-state index in [2.05, 4.69) is 5.32 Å². The summed E-state index contributed by atoms with van der Waals surface area (Å²) in [5.41, 5.74) is 0.971. The Balaban J connectivity index is 1.13. The summed E-state index contributed by atoms with van der Waals surface area (Å²) in [6.07, 6.45) is 12.7. The van der Waals surface area contributed by atoms with Gasteiger partial charge in [0.2, 0.25) is 11.8 Å². The van der Waals surface area contributed by atoms with Crippen LogP contribution in [0.5, 0.6) is 0 Å². The molecule has 4 saturated carbocycles. The minimum absolute atomic E-state index is 0.0692. The molecule has 29 heavy (non-hydrogen) atoms. The number of carbonyl (C=O) groups is 2. The number of rotatable bonds is 4. The monoisotopic (exact) mass is 392 g/mol. The fourth-order valence-electron chi connectivity index (χ4n) is 6.81. The van der Waals surface area contributed by atoms with E-state index in [9.17, 15) is 9.59 Å². The summed E-state index contributed by atoms with van der Waals surface area (Å²) in [6.45, 7) is 1.45. The molecule has 0 aromatic heterocycles. The molecule has 4 nitrogen and oxygen atoms in total. The van der Waals surface area contributed by atoms with Crippen LogP contribution >= 0.6 is 0 Å². The molecule has 0 unspecified atom stereocenters. The van der Waals surface area contributed by atoms with Crippen molar-refractivity contribution in [2.24, 2.45) is 23.2 Å². The van der Waals surface area contributed by atoms with Crippen molar-refractivity contribution in [2.75, 3.05) is 13.1 Å². The van der Waals surface area contributed by atoms with Crippen LogP contribution in [0.2, 0.25) is 0 Å². The lowest BCUT2D eigenvalue weighted by Crippen LogP contribution is -2.56. The fourth-order valence-corrected chi connectivity index (χ4v) is 6.81. The minimum Gasteiger partial charge on any atom is -0.353 e. The van der Waals surface area contributed by atoms with Gasteiger partial charge in [0.15, 0.2) is 0 Å². The zero-order valence-electron chi connectivity index (χ0n) is 17.2. The lowest BCUT2D eigenvalue weighted by Gasteiger charge is -2.56. The molecule has 1 aliphatic heterocycles. The smallest absolute Gasteiger partial charge is 0.246 e. The van der Waals surface area contributed by atoms with Crippen LogP contribution in [0.3, 0.4) is 0 Å². The van der Waals surface area contributed by atoms with Crippen LogP contribution in [0.1, 0.15) is 56.9 Å². The molecule has 1 saturated heterocycles. The summed E-state index contributed by atoms with van der Waals surface area (Å²) in [5, 5.41) is 3.40. The second kappa shape index (κ2) is 7.62. The Morgan fingerprint density at radius 2 is 1.52 bits per heavy atom. The van der Waals surface area contributed by atoms with Crippen molar-refractivity contribution >= 4 is 17.9 Å². The van der Waals surface area contributed by atoms with E-state index in [1.54, 1.807) is 6.08 Å². The normalized spacial score (nSPS) is 33.9. The SMILES string of the molecule is O=C(/C=C/c1ccccc1)N1CCC(NC(=O)C23CC4CC(CC(C4)C2)C3)CC1. The van der Waals surface area contributed by atoms with Crippen molar-refractivity contribution in [2.45, 2.75) is 57.4 Å². The van der Waals surface area contributed by atoms with Crippen LogP contribution in [0.4, 0.5) is 0 Å². The van der Waals surface area contributed by atoms with E-state index >= 15 is 0 Å². The van der Waals surface area contributed by atoms with Gasteiger partial charge in [0.25, 0.3) is 0 Å². The Bertz CT molecular complexity index is 757. The molecular formula is C25H32N2O2. The number of nitrogens with one attached hydrogen (secondary N) is 1. The molecule has 0 spiro atoms. The Morgan fingerprint density at radius 1 is 0.931 bits per heavy atom. The predicted octanol–water partition coefficient (Wildman–Crippen LogP) is 4.02. The zero-order valence-corrected chi connectivity index (χ0v) is 17.2. The maximum atomic E-state index is 13.2. The molecule has 5 fully saturated rings. The highest BCUT2D eigenvalue weighted by Crippen LogP contribution is 2.60. The first-order valence-electron chi connectivity index (χ1n) is 11.4. The Hall–Kier alpha value is -2.10. The van der Waals surface area contributed by atoms with E-state index in [1.807, 2.05) is 41.3 Å². The van der Waals surface area contributed by atoms with Crippen LogP contribution in [-0.2, 0) is 9.59 Å². The molecule has 1 aromatic carbocycles. The van der Waals surface area contributed by atoms with Gasteiger partial charge in [-0.2, -0.15) is 0 Å². The molecule has 4 heteroatoms. The van der Waals surface area contributed by atoms with E-state index < -0.39 is 0 Å². The van der Waals surface area contributed by atoms with Gasteiger partial charge in [-0.25, -0.2) is 0 Å². The molecule has 6 rings (SSSR count). The van der Waals surface area contributed by atoms with Gasteiger partial charge < -0.3 is 10.2 Å². The highest BCUT2D eigenvalue weighted by molar-refractivity contribution is 5.91. The quantitative estimate of drug-likeness (QED) is 0.787. The summed E-state index contributed by atoms with van der Waals surface area (Å²) in [5.74, 6) is 2.78. The Morgan fingerprint density at radius 3 is 2.10 bits per heavy atom. The number of likely N-dealkylation sites (tertiary alicyclic amines) is 1. The average molecular weight is 393 g/mol. The number of hydrogen-bond acceptors (Lipinski definition) is 2. The summed E-state index contributed by atoms with van der Waals surface area (Å²) < 4.78 is 0. The Kier molecular flexibility index (Phi) is 4.97. The summed E-state index contributed by atoms with van der Waals surface area (Å²) in [6, 6.07) is 10.1. The van der Waals surface area contributed by atoms with Crippen molar-refractivity contribution in [3.05, 3.63) is 42.0 Å². The van der Waals surface area contributed by atoms with Crippen LogP contribution in [0, 0.1) is 23.2 Å². The average Bonchev–Trinajstić information content (AvgIpc) is 2.72. The van der Waals surface area contributed by atoms with E-state index in [0.717, 1.165) is 68.5 Å². The third-order valence-electron chi connectivity index (χ3n) is 7.88. The van der Waals surface area contributed by atoms with Crippen molar-refractivity contribution in [3.8, 4) is 0 Å². The lowest BCUT2D eigenvalue weighted by atomic mass is 9.49. The van der Waals surface area contributed by atoms with Crippen LogP contribution in [0.25, 0.3) is 6.08 Å². The van der Waals surface area contributed by atoms with Gasteiger partial charge in [-0.3, -0.25) is 9.59 Å². The number of nitrogens with zero attached hydrogens (tertiary/aromatic N) is 1. The highest BCUT2D eigenvalue weighted by atomic mass is 16.2. The third-order valence-corrected chi connectivity index (χ3v) is 7.88. The highest BCUT2D eigenvalue weighted by Gasteiger charge is 2.54. The van der Waals surface area contributed by atoms with Gasteiger partial charge in [-0.1, -0.05) is 30.3 Å². The van der Waals surface area contributed by atoms with Crippen molar-refractivity contribution in [3.63, 3.8) is 0 Å². The number of carbonyl (C=O) groups excluding carboxylic acids is 2. The molecule has 1 N–H and O–H groups in total. The Labute approximate surface area is 173 Å². The standard InChI is InChI=1S/C25H32N2O2/c28-23(7-6-18-4-2-1-3-5-18)27-10-8-22(9-11-27)26-24(29)25-15-19-12-20(16-25)14-21(13-19)17-25/h1-7,19-22H,8-17H2,(H,26,29)/b7-6+. The molecule has 154 valence electrons. The molecule has 1 heterocycles. The largest absolute Gasteiger partial charge is 0.353 e. The number of amides is 2. The van der Waals surface area contributed by atoms with Gasteiger partial charge in [-0.15, -0.1) is 0 Å². The van der Waals surface area contributed by atoms with Crippen molar-refractivity contribution in [1.82, 2.24) is 10.2 Å². The molecular weight excluding hydrogens is 360 g/mol. The van der Waals surface area contributed by atoms with E-state index in [-0.39, 0.29) is 17.4 Å². The topological polar surface area (TPSA) is 49.4 Å². The lowest BCUT2D eigenvalue weighted by molar-refractivity contribution is -0.147. The maximum absolute atomic E-state index is 13.2. The summed E-state index contributed by atoms with van der Waals surface area (Å²) in [4.78, 5) is 27.6. The number of hydrogen-bond donors (Lipinski definition) is 1. The second-order valence-corrected chi connectivity index (χ2v) is 10.0. The van der Waals surface area contributed by atoms with E-state index in [0.29, 0.717) is 5.91 Å². The minimum atomic E-state index is -0.0693. The van der Waals surface area contributed by atoms with Gasteiger partial charge >= 0.3 is 0 Å². The van der Waals surface area contributed by atoms with Crippen LogP contribution in [-0.4, -0.2) is 35.8 Å². The molecule has 0 atom stereocenters. The van der Waals surface area contributed by atoms with Gasteiger partial charge in [0.05, 0.1) is 0 Å². The summed E-state index contributed by atoms with van der Waals surface area (Å²) in [7, 11) is 0. The predicted molar refractivity (Wildman–Crippen MR) is 114 cm³/mol. The van der Waals surface area contributed by atoms with Gasteiger partial charge in [0.1, 0.15) is 0 Å². The second-order valence-electron chi connectivity index (χ2n) is 10.0. The summed E-state index contributed by atoms with van der Waals surface area (Å²) >= 11 is 0. The van der Waals surface area contributed by atoms with Crippen LogP contribution < -0.4 is 5.32 Å². The first-order valence-corrected chi connectivity index (χ1v) is 11.4. The van der Waals surface area contributed by atoms with E-state index in [4.69, 9.17) is 0 Å². The number of benzene rings is 1. The molecule has 5 aliphatic rings. The van der Waals surface area contributed by atoms with Crippen molar-refractivity contribution in [1.29, 1.82) is 0 Å². The molecule has 1 aromatic rings. The zero-order chi connectivity index (χ0) is 19.8. The van der Waals surface area contributed by atoms with Crippen LogP contribution in [0.15, 0.2) is 36.4 Å². The van der Waals surface area contributed by atoms with Gasteiger partial charge in [-0.05, 0) is 80.8 Å². The molecule has 4 bridgehead atoms. The third kappa shape index (κ3) is 3.86.